The number of nitrogens with one attached hydrogen (secondary N) is 2. The highest BCUT2D eigenvalue weighted by atomic mass is 127. The molecule has 0 amide bonds. The normalized spacial score (nSPS) is 15.2. The monoisotopic (exact) mass is 497 g/mol. The molecule has 1 saturated heterocycles. The molecule has 154 valence electrons. The molecule has 0 saturated carbocycles. The standard InChI is InChI=1S/C22H31N3O2.HI/c1-23-22(24-11-4-12-27-17-18-9-13-26-14-10-18)25-16-19-7-8-20-5-2-3-6-21(20)15-19;/h2-3,5-8,15,18H,4,9-14,16-17H2,1H3,(H2,23,24,25);1H. The Labute approximate surface area is 185 Å². The molecule has 2 aromatic carbocycles. The molecule has 1 aliphatic rings. The molecule has 2 aromatic rings. The summed E-state index contributed by atoms with van der Waals surface area (Å²) in [6, 6.07) is 15.0. The third-order valence-corrected chi connectivity index (χ3v) is 4.95. The maximum atomic E-state index is 5.80. The zero-order valence-corrected chi connectivity index (χ0v) is 19.0. The average molecular weight is 497 g/mol. The van der Waals surface area contributed by atoms with E-state index in [1.807, 2.05) is 0 Å². The van der Waals surface area contributed by atoms with Crippen LogP contribution in [0.2, 0.25) is 0 Å². The van der Waals surface area contributed by atoms with Crippen LogP contribution < -0.4 is 10.6 Å². The van der Waals surface area contributed by atoms with E-state index in [1.165, 1.54) is 16.3 Å². The zero-order valence-electron chi connectivity index (χ0n) is 16.7. The molecule has 2 N–H and O–H groups in total. The summed E-state index contributed by atoms with van der Waals surface area (Å²) in [5.41, 5.74) is 1.25. The number of aliphatic imine (C=N–C) groups is 1. The van der Waals surface area contributed by atoms with Crippen molar-refractivity contribution in [1.29, 1.82) is 0 Å². The van der Waals surface area contributed by atoms with Crippen molar-refractivity contribution in [3.63, 3.8) is 0 Å². The topological polar surface area (TPSA) is 54.9 Å². The molecule has 0 spiro atoms. The Hall–Kier alpha value is -1.38. The molecule has 3 rings (SSSR count). The summed E-state index contributed by atoms with van der Waals surface area (Å²) in [7, 11) is 1.80. The van der Waals surface area contributed by atoms with Crippen molar-refractivity contribution in [1.82, 2.24) is 10.6 Å². The van der Waals surface area contributed by atoms with Crippen molar-refractivity contribution < 1.29 is 9.47 Å². The lowest BCUT2D eigenvalue weighted by Crippen LogP contribution is -2.37. The first-order valence-electron chi connectivity index (χ1n) is 9.93. The number of ether oxygens (including phenoxy) is 2. The van der Waals surface area contributed by atoms with Gasteiger partial charge in [0.15, 0.2) is 5.96 Å². The Kier molecular flexibility index (Phi) is 10.6. The number of rotatable bonds is 8. The Morgan fingerprint density at radius 1 is 1.11 bits per heavy atom. The second-order valence-corrected chi connectivity index (χ2v) is 7.02. The highest BCUT2D eigenvalue weighted by Gasteiger charge is 2.13. The molecule has 0 bridgehead atoms. The number of benzene rings is 2. The van der Waals surface area contributed by atoms with Crippen LogP contribution >= 0.6 is 24.0 Å². The first-order chi connectivity index (χ1) is 13.3. The lowest BCUT2D eigenvalue weighted by atomic mass is 10.0. The first-order valence-corrected chi connectivity index (χ1v) is 9.93. The third kappa shape index (κ3) is 7.56. The van der Waals surface area contributed by atoms with E-state index in [-0.39, 0.29) is 24.0 Å². The molecule has 0 atom stereocenters. The van der Waals surface area contributed by atoms with Crippen LogP contribution in [0.4, 0.5) is 0 Å². The Bertz CT molecular complexity index is 733. The van der Waals surface area contributed by atoms with Crippen molar-refractivity contribution in [3.8, 4) is 0 Å². The molecule has 6 heteroatoms. The summed E-state index contributed by atoms with van der Waals surface area (Å²) in [4.78, 5) is 4.30. The van der Waals surface area contributed by atoms with Gasteiger partial charge < -0.3 is 20.1 Å². The number of guanidine groups is 1. The van der Waals surface area contributed by atoms with Gasteiger partial charge in [-0.15, -0.1) is 24.0 Å². The molecule has 28 heavy (non-hydrogen) atoms. The molecule has 1 fully saturated rings. The van der Waals surface area contributed by atoms with Crippen molar-refractivity contribution in [2.24, 2.45) is 10.9 Å². The molecule has 0 radical (unpaired) electrons. The minimum atomic E-state index is 0. The van der Waals surface area contributed by atoms with Crippen molar-refractivity contribution in [3.05, 3.63) is 48.0 Å². The maximum Gasteiger partial charge on any atom is 0.191 e. The van der Waals surface area contributed by atoms with E-state index in [0.29, 0.717) is 5.92 Å². The van der Waals surface area contributed by atoms with Gasteiger partial charge in [0.2, 0.25) is 0 Å². The summed E-state index contributed by atoms with van der Waals surface area (Å²) in [5.74, 6) is 1.50. The molecular formula is C22H32IN3O2. The molecular weight excluding hydrogens is 465 g/mol. The fourth-order valence-corrected chi connectivity index (χ4v) is 3.30. The minimum absolute atomic E-state index is 0. The number of halogens is 1. The Morgan fingerprint density at radius 3 is 2.68 bits per heavy atom. The lowest BCUT2D eigenvalue weighted by Gasteiger charge is -2.21. The number of hydrogen-bond acceptors (Lipinski definition) is 3. The zero-order chi connectivity index (χ0) is 18.7. The van der Waals surface area contributed by atoms with Crippen LogP contribution in [0.15, 0.2) is 47.5 Å². The summed E-state index contributed by atoms with van der Waals surface area (Å²) in [6.45, 7) is 5.02. The van der Waals surface area contributed by atoms with Crippen molar-refractivity contribution >= 4 is 40.7 Å². The predicted molar refractivity (Wildman–Crippen MR) is 127 cm³/mol. The van der Waals surface area contributed by atoms with Crippen LogP contribution in [-0.2, 0) is 16.0 Å². The van der Waals surface area contributed by atoms with Crippen LogP contribution in [0.3, 0.4) is 0 Å². The molecule has 0 aromatic heterocycles. The number of hydrogen-bond donors (Lipinski definition) is 2. The van der Waals surface area contributed by atoms with Gasteiger partial charge in [0.1, 0.15) is 0 Å². The van der Waals surface area contributed by atoms with Crippen LogP contribution in [0, 0.1) is 5.92 Å². The Balaban J connectivity index is 0.00000280. The second kappa shape index (κ2) is 13.0. The second-order valence-electron chi connectivity index (χ2n) is 7.02. The van der Waals surface area contributed by atoms with Gasteiger partial charge in [-0.2, -0.15) is 0 Å². The number of fused-ring (bicyclic) bond motifs is 1. The molecule has 0 aliphatic carbocycles. The summed E-state index contributed by atoms with van der Waals surface area (Å²) < 4.78 is 11.2. The first kappa shape index (κ1) is 22.9. The van der Waals surface area contributed by atoms with Crippen LogP contribution in [0.5, 0.6) is 0 Å². The summed E-state index contributed by atoms with van der Waals surface area (Å²) in [6.07, 6.45) is 3.23. The Morgan fingerprint density at radius 2 is 1.89 bits per heavy atom. The largest absolute Gasteiger partial charge is 0.381 e. The van der Waals surface area contributed by atoms with Gasteiger partial charge in [0.25, 0.3) is 0 Å². The van der Waals surface area contributed by atoms with E-state index < -0.39 is 0 Å². The van der Waals surface area contributed by atoms with E-state index in [4.69, 9.17) is 9.47 Å². The van der Waals surface area contributed by atoms with Crippen LogP contribution in [-0.4, -0.2) is 46.0 Å². The van der Waals surface area contributed by atoms with E-state index in [9.17, 15) is 0 Å². The van der Waals surface area contributed by atoms with E-state index in [0.717, 1.165) is 64.7 Å². The smallest absolute Gasteiger partial charge is 0.191 e. The van der Waals surface area contributed by atoms with Crippen LogP contribution in [0.25, 0.3) is 10.8 Å². The van der Waals surface area contributed by atoms with E-state index in [1.54, 1.807) is 7.05 Å². The quantitative estimate of drug-likeness (QED) is 0.251. The van der Waals surface area contributed by atoms with E-state index in [2.05, 4.69) is 58.1 Å². The highest BCUT2D eigenvalue weighted by Crippen LogP contribution is 2.16. The van der Waals surface area contributed by atoms with Gasteiger partial charge in [0.05, 0.1) is 0 Å². The highest BCUT2D eigenvalue weighted by molar-refractivity contribution is 14.0. The fourth-order valence-electron chi connectivity index (χ4n) is 3.30. The molecule has 1 heterocycles. The molecule has 0 unspecified atom stereocenters. The molecule has 5 nitrogen and oxygen atoms in total. The van der Waals surface area contributed by atoms with Gasteiger partial charge in [-0.3, -0.25) is 4.99 Å². The van der Waals surface area contributed by atoms with Crippen molar-refractivity contribution in [2.75, 3.05) is 40.0 Å². The van der Waals surface area contributed by atoms with Gasteiger partial charge >= 0.3 is 0 Å². The lowest BCUT2D eigenvalue weighted by molar-refractivity contribution is 0.0203. The van der Waals surface area contributed by atoms with Gasteiger partial charge in [-0.25, -0.2) is 0 Å². The summed E-state index contributed by atoms with van der Waals surface area (Å²) in [5, 5.41) is 9.26. The SMILES string of the molecule is CN=C(NCCCOCC1CCOCC1)NCc1ccc2ccccc2c1.I. The van der Waals surface area contributed by atoms with Gasteiger partial charge in [0, 0.05) is 46.6 Å². The van der Waals surface area contributed by atoms with Gasteiger partial charge in [-0.05, 0) is 47.6 Å². The minimum Gasteiger partial charge on any atom is -0.381 e. The fraction of sp³-hybridized carbons (Fsp3) is 0.500. The predicted octanol–water partition coefficient (Wildman–Crippen LogP) is 3.96. The maximum absolute atomic E-state index is 5.80. The van der Waals surface area contributed by atoms with Gasteiger partial charge in [-0.1, -0.05) is 36.4 Å². The number of nitrogens with zero attached hydrogens (tertiary/aromatic N) is 1. The van der Waals surface area contributed by atoms with Crippen LogP contribution in [0.1, 0.15) is 24.8 Å². The van der Waals surface area contributed by atoms with Crippen molar-refractivity contribution in [2.45, 2.75) is 25.8 Å². The average Bonchev–Trinajstić information content (AvgIpc) is 2.73. The third-order valence-electron chi connectivity index (χ3n) is 4.95. The summed E-state index contributed by atoms with van der Waals surface area (Å²) >= 11 is 0. The van der Waals surface area contributed by atoms with E-state index >= 15 is 0 Å². The molecule has 1 aliphatic heterocycles.